The smallest absolute Gasteiger partial charge is 0.393 e. The number of hydrogen-bond donors (Lipinski definition) is 3. The van der Waals surface area contributed by atoms with Crippen molar-refractivity contribution in [1.29, 1.82) is 0 Å². The van der Waals surface area contributed by atoms with Crippen molar-refractivity contribution in [3.05, 3.63) is 84.3 Å². The van der Waals surface area contributed by atoms with Gasteiger partial charge in [0, 0.05) is 52.3 Å². The molecule has 10 heteroatoms. The summed E-state index contributed by atoms with van der Waals surface area (Å²) < 4.78 is 44.7. The minimum Gasteiger partial charge on any atom is -0.393 e. The van der Waals surface area contributed by atoms with E-state index in [-0.39, 0.29) is 28.7 Å². The molecule has 3 heterocycles. The summed E-state index contributed by atoms with van der Waals surface area (Å²) in [7, 11) is 0. The second-order valence-electron chi connectivity index (χ2n) is 10.1. The van der Waals surface area contributed by atoms with Crippen molar-refractivity contribution in [2.75, 3.05) is 5.32 Å². The van der Waals surface area contributed by atoms with E-state index in [4.69, 9.17) is 5.73 Å². The molecule has 0 atom stereocenters. The van der Waals surface area contributed by atoms with E-state index < -0.39 is 17.6 Å². The summed E-state index contributed by atoms with van der Waals surface area (Å²) in [5.74, 6) is -0.651. The first-order valence-corrected chi connectivity index (χ1v) is 13.0. The molecule has 0 spiro atoms. The van der Waals surface area contributed by atoms with E-state index in [0.717, 1.165) is 17.1 Å². The molecule has 1 aliphatic carbocycles. The Balaban J connectivity index is 1.50. The number of benzene rings is 2. The largest absolute Gasteiger partial charge is 0.418 e. The van der Waals surface area contributed by atoms with Gasteiger partial charge in [-0.25, -0.2) is 4.98 Å². The minimum absolute atomic E-state index is 0.00553. The number of pyridine rings is 2. The number of nitrogens with two attached hydrogens (primary N) is 1. The molecule has 1 saturated carbocycles. The lowest BCUT2D eigenvalue weighted by atomic mass is 9.92. The molecule has 0 bridgehead atoms. The summed E-state index contributed by atoms with van der Waals surface area (Å²) in [4.78, 5) is 21.0. The summed E-state index contributed by atoms with van der Waals surface area (Å²) in [5, 5.41) is 13.9. The molecule has 40 heavy (non-hydrogen) atoms. The standard InChI is InChI=1S/C30H26F3N5O2/c31-30(32,33)24-16-38(20-7-10-23(28(34)40)26(14-20)37-19-5-8-21(39)9-6-19)29-27(24)22(11-12-35-29)18-13-17-3-1-2-4-25(17)36-15-18/h1-4,7,10-16,19,21,37,39H,5-6,8-9H2,(H2,34,40)/t19-,21-. The van der Waals surface area contributed by atoms with Crippen LogP contribution >= 0.6 is 0 Å². The lowest BCUT2D eigenvalue weighted by molar-refractivity contribution is -0.136. The number of nitrogens with one attached hydrogen (secondary N) is 1. The predicted octanol–water partition coefficient (Wildman–Crippen LogP) is 6.07. The zero-order valence-electron chi connectivity index (χ0n) is 21.3. The third kappa shape index (κ3) is 4.75. The van der Waals surface area contributed by atoms with Gasteiger partial charge >= 0.3 is 6.18 Å². The fraction of sp³-hybridized carbons (Fsp3) is 0.233. The SMILES string of the molecule is NC(=O)c1ccc(-n2cc(C(F)(F)F)c3c(-c4cnc5ccccc5c4)ccnc32)cc1N[C@H]1CC[C@H](O)CC1. The van der Waals surface area contributed by atoms with Crippen LogP contribution in [0.5, 0.6) is 0 Å². The number of aromatic nitrogens is 3. The number of fused-ring (bicyclic) bond motifs is 2. The molecule has 7 nitrogen and oxygen atoms in total. The maximum absolute atomic E-state index is 14.4. The molecule has 6 rings (SSSR count). The molecular weight excluding hydrogens is 519 g/mol. The highest BCUT2D eigenvalue weighted by Gasteiger charge is 2.36. The molecule has 1 fully saturated rings. The molecule has 5 aromatic rings. The number of amides is 1. The van der Waals surface area contributed by atoms with Gasteiger partial charge in [-0.3, -0.25) is 9.78 Å². The van der Waals surface area contributed by atoms with Gasteiger partial charge in [0.25, 0.3) is 5.91 Å². The molecule has 0 unspecified atom stereocenters. The minimum atomic E-state index is -4.65. The van der Waals surface area contributed by atoms with Gasteiger partial charge in [0.2, 0.25) is 0 Å². The Morgan fingerprint density at radius 2 is 1.80 bits per heavy atom. The van der Waals surface area contributed by atoms with E-state index in [2.05, 4.69) is 15.3 Å². The van der Waals surface area contributed by atoms with Crippen molar-refractivity contribution in [2.24, 2.45) is 5.73 Å². The number of anilines is 1. The van der Waals surface area contributed by atoms with Crippen LogP contribution in [0.25, 0.3) is 38.8 Å². The molecule has 0 saturated heterocycles. The zero-order valence-corrected chi connectivity index (χ0v) is 21.3. The summed E-state index contributed by atoms with van der Waals surface area (Å²) in [6, 6.07) is 15.5. The molecule has 4 N–H and O–H groups in total. The molecule has 0 radical (unpaired) electrons. The summed E-state index contributed by atoms with van der Waals surface area (Å²) in [5.41, 5.74) is 7.61. The maximum Gasteiger partial charge on any atom is 0.418 e. The molecule has 0 aliphatic heterocycles. The molecule has 3 aromatic heterocycles. The van der Waals surface area contributed by atoms with E-state index in [1.54, 1.807) is 24.4 Å². The average molecular weight is 546 g/mol. The number of alkyl halides is 3. The number of aliphatic hydroxyl groups is 1. The van der Waals surface area contributed by atoms with Crippen LogP contribution in [0.2, 0.25) is 0 Å². The van der Waals surface area contributed by atoms with Gasteiger partial charge in [-0.15, -0.1) is 0 Å². The van der Waals surface area contributed by atoms with Gasteiger partial charge in [0.15, 0.2) is 0 Å². The van der Waals surface area contributed by atoms with Crippen LogP contribution < -0.4 is 11.1 Å². The number of nitrogens with zero attached hydrogens (tertiary/aromatic N) is 3. The normalized spacial score (nSPS) is 17.8. The molecule has 2 aromatic carbocycles. The van der Waals surface area contributed by atoms with Gasteiger partial charge in [0.05, 0.1) is 22.7 Å². The average Bonchev–Trinajstić information content (AvgIpc) is 3.35. The van der Waals surface area contributed by atoms with Crippen molar-refractivity contribution in [3.63, 3.8) is 0 Å². The second-order valence-corrected chi connectivity index (χ2v) is 10.1. The van der Waals surface area contributed by atoms with Crippen LogP contribution in [0.1, 0.15) is 41.6 Å². The Labute approximate surface area is 227 Å². The molecular formula is C30H26F3N5O2. The number of hydrogen-bond acceptors (Lipinski definition) is 5. The summed E-state index contributed by atoms with van der Waals surface area (Å²) >= 11 is 0. The molecule has 1 amide bonds. The van der Waals surface area contributed by atoms with E-state index in [0.29, 0.717) is 48.2 Å². The van der Waals surface area contributed by atoms with Crippen LogP contribution in [0.4, 0.5) is 18.9 Å². The van der Waals surface area contributed by atoms with E-state index in [1.807, 2.05) is 30.3 Å². The van der Waals surface area contributed by atoms with Crippen molar-refractivity contribution < 1.29 is 23.1 Å². The lowest BCUT2D eigenvalue weighted by Gasteiger charge is -2.28. The summed E-state index contributed by atoms with van der Waals surface area (Å²) in [6.07, 6.45) is 1.71. The highest BCUT2D eigenvalue weighted by molar-refractivity contribution is 6.00. The Morgan fingerprint density at radius 1 is 1.02 bits per heavy atom. The van der Waals surface area contributed by atoms with Gasteiger partial charge in [0.1, 0.15) is 5.65 Å². The van der Waals surface area contributed by atoms with Crippen molar-refractivity contribution in [2.45, 2.75) is 44.0 Å². The number of primary amides is 1. The number of aliphatic hydroxyl groups excluding tert-OH is 1. The Bertz CT molecular complexity index is 1740. The van der Waals surface area contributed by atoms with Crippen LogP contribution in [0.15, 0.2) is 73.2 Å². The fourth-order valence-electron chi connectivity index (χ4n) is 5.48. The van der Waals surface area contributed by atoms with Gasteiger partial charge in [-0.05, 0) is 67.6 Å². The summed E-state index contributed by atoms with van der Waals surface area (Å²) in [6.45, 7) is 0. The topological polar surface area (TPSA) is 106 Å². The Kier molecular flexibility index (Phi) is 6.42. The predicted molar refractivity (Wildman–Crippen MR) is 147 cm³/mol. The second kappa shape index (κ2) is 9.95. The quantitative estimate of drug-likeness (QED) is 0.248. The monoisotopic (exact) mass is 545 g/mol. The van der Waals surface area contributed by atoms with Crippen LogP contribution in [0, 0.1) is 0 Å². The highest BCUT2D eigenvalue weighted by atomic mass is 19.4. The van der Waals surface area contributed by atoms with E-state index in [1.165, 1.54) is 16.8 Å². The first kappa shape index (κ1) is 25.8. The third-order valence-electron chi connectivity index (χ3n) is 7.50. The highest BCUT2D eigenvalue weighted by Crippen LogP contribution is 2.41. The number of para-hydroxylation sites is 1. The van der Waals surface area contributed by atoms with Crippen LogP contribution in [-0.4, -0.2) is 37.7 Å². The maximum atomic E-state index is 14.4. The van der Waals surface area contributed by atoms with Gasteiger partial charge in [-0.2, -0.15) is 13.2 Å². The van der Waals surface area contributed by atoms with Gasteiger partial charge < -0.3 is 20.7 Å². The number of rotatable bonds is 5. The first-order valence-electron chi connectivity index (χ1n) is 13.0. The van der Waals surface area contributed by atoms with Crippen molar-refractivity contribution in [3.8, 4) is 16.8 Å². The number of carbonyl (C=O) groups excluding carboxylic acids is 1. The first-order chi connectivity index (χ1) is 19.2. The van der Waals surface area contributed by atoms with Crippen molar-refractivity contribution >= 4 is 33.5 Å². The number of halogens is 3. The zero-order chi connectivity index (χ0) is 28.0. The van der Waals surface area contributed by atoms with Gasteiger partial charge in [-0.1, -0.05) is 18.2 Å². The Hall–Kier alpha value is -4.44. The number of carbonyl (C=O) groups is 1. The lowest BCUT2D eigenvalue weighted by Crippen LogP contribution is -2.29. The van der Waals surface area contributed by atoms with E-state index in [9.17, 15) is 23.1 Å². The van der Waals surface area contributed by atoms with Crippen molar-refractivity contribution in [1.82, 2.24) is 14.5 Å². The van der Waals surface area contributed by atoms with Crippen LogP contribution in [0.3, 0.4) is 0 Å². The van der Waals surface area contributed by atoms with Crippen LogP contribution in [-0.2, 0) is 6.18 Å². The third-order valence-corrected chi connectivity index (χ3v) is 7.50. The van der Waals surface area contributed by atoms with E-state index >= 15 is 0 Å². The fourth-order valence-corrected chi connectivity index (χ4v) is 5.48. The Morgan fingerprint density at radius 3 is 2.55 bits per heavy atom. The molecule has 204 valence electrons. The molecule has 1 aliphatic rings.